The molecule has 22 heavy (non-hydrogen) atoms. The lowest BCUT2D eigenvalue weighted by molar-refractivity contribution is -0.121. The molecule has 1 N–H and O–H groups in total. The van der Waals surface area contributed by atoms with E-state index in [1.165, 1.54) is 23.4 Å². The number of hydrogen-bond donors (Lipinski definition) is 1. The Labute approximate surface area is 134 Å². The van der Waals surface area contributed by atoms with Gasteiger partial charge in [-0.2, -0.15) is 0 Å². The summed E-state index contributed by atoms with van der Waals surface area (Å²) in [7, 11) is 0. The van der Waals surface area contributed by atoms with E-state index >= 15 is 0 Å². The first kappa shape index (κ1) is 15.0. The van der Waals surface area contributed by atoms with Gasteiger partial charge < -0.3 is 10.1 Å². The Balaban J connectivity index is 1.32. The molecule has 1 aromatic carbocycles. The molecule has 2 aromatic rings. The SMILES string of the molecule is O=C(CCOc1ccccc1)NCCc1nc2c(s1)CCC2. The number of ether oxygens (including phenoxy) is 1. The van der Waals surface area contributed by atoms with E-state index in [9.17, 15) is 4.79 Å². The summed E-state index contributed by atoms with van der Waals surface area (Å²) in [5.41, 5.74) is 1.28. The number of amides is 1. The molecule has 0 radical (unpaired) electrons. The molecule has 0 unspecified atom stereocenters. The van der Waals surface area contributed by atoms with E-state index in [0.29, 0.717) is 19.6 Å². The number of carbonyl (C=O) groups is 1. The second-order valence-electron chi connectivity index (χ2n) is 5.34. The third-order valence-corrected chi connectivity index (χ3v) is 4.86. The summed E-state index contributed by atoms with van der Waals surface area (Å²) in [6, 6.07) is 9.55. The van der Waals surface area contributed by atoms with Crippen LogP contribution in [0.4, 0.5) is 0 Å². The van der Waals surface area contributed by atoms with Crippen LogP contribution < -0.4 is 10.1 Å². The maximum Gasteiger partial charge on any atom is 0.223 e. The molecule has 0 saturated carbocycles. The van der Waals surface area contributed by atoms with Crippen molar-refractivity contribution >= 4 is 17.2 Å². The summed E-state index contributed by atoms with van der Waals surface area (Å²) in [5, 5.41) is 4.07. The van der Waals surface area contributed by atoms with Crippen molar-refractivity contribution in [1.29, 1.82) is 0 Å². The molecule has 1 aromatic heterocycles. The Morgan fingerprint density at radius 2 is 2.14 bits per heavy atom. The second kappa shape index (κ2) is 7.40. The van der Waals surface area contributed by atoms with Crippen LogP contribution in [0.1, 0.15) is 28.4 Å². The number of para-hydroxylation sites is 1. The molecule has 0 fully saturated rings. The van der Waals surface area contributed by atoms with Crippen molar-refractivity contribution in [2.45, 2.75) is 32.1 Å². The third kappa shape index (κ3) is 4.07. The average molecular weight is 316 g/mol. The van der Waals surface area contributed by atoms with Crippen LogP contribution in [-0.4, -0.2) is 24.0 Å². The highest BCUT2D eigenvalue weighted by Gasteiger charge is 2.16. The summed E-state index contributed by atoms with van der Waals surface area (Å²) < 4.78 is 5.51. The van der Waals surface area contributed by atoms with Crippen molar-refractivity contribution in [3.8, 4) is 5.75 Å². The van der Waals surface area contributed by atoms with E-state index < -0.39 is 0 Å². The zero-order chi connectivity index (χ0) is 15.2. The van der Waals surface area contributed by atoms with Crippen molar-refractivity contribution in [1.82, 2.24) is 10.3 Å². The lowest BCUT2D eigenvalue weighted by Gasteiger charge is -2.06. The molecule has 0 saturated heterocycles. The van der Waals surface area contributed by atoms with E-state index in [4.69, 9.17) is 4.74 Å². The predicted octanol–water partition coefficient (Wildman–Crippen LogP) is 2.76. The lowest BCUT2D eigenvalue weighted by Crippen LogP contribution is -2.27. The van der Waals surface area contributed by atoms with Crippen LogP contribution in [-0.2, 0) is 24.1 Å². The first-order valence-corrected chi connectivity index (χ1v) is 8.55. The smallest absolute Gasteiger partial charge is 0.223 e. The van der Waals surface area contributed by atoms with Crippen molar-refractivity contribution in [3.05, 3.63) is 45.9 Å². The Kier molecular flexibility index (Phi) is 5.06. The number of nitrogens with zero attached hydrogens (tertiary/aromatic N) is 1. The fraction of sp³-hybridized carbons (Fsp3) is 0.412. The van der Waals surface area contributed by atoms with E-state index in [2.05, 4.69) is 10.3 Å². The summed E-state index contributed by atoms with van der Waals surface area (Å²) in [5.74, 6) is 0.827. The van der Waals surface area contributed by atoms with Gasteiger partial charge in [-0.1, -0.05) is 18.2 Å². The number of fused-ring (bicyclic) bond motifs is 1. The molecule has 1 aliphatic carbocycles. The van der Waals surface area contributed by atoms with Crippen LogP contribution in [0, 0.1) is 0 Å². The second-order valence-corrected chi connectivity index (χ2v) is 6.51. The van der Waals surface area contributed by atoms with Gasteiger partial charge in [-0.05, 0) is 31.4 Å². The van der Waals surface area contributed by atoms with Crippen LogP contribution in [0.5, 0.6) is 5.75 Å². The van der Waals surface area contributed by atoms with Crippen LogP contribution in [0.2, 0.25) is 0 Å². The average Bonchev–Trinajstić information content (AvgIpc) is 3.09. The maximum atomic E-state index is 11.8. The largest absolute Gasteiger partial charge is 0.493 e. The third-order valence-electron chi connectivity index (χ3n) is 3.64. The highest BCUT2D eigenvalue weighted by molar-refractivity contribution is 7.11. The molecule has 0 aliphatic heterocycles. The van der Waals surface area contributed by atoms with Gasteiger partial charge in [-0.25, -0.2) is 4.98 Å². The number of thiazole rings is 1. The zero-order valence-electron chi connectivity index (χ0n) is 12.5. The molecule has 116 valence electrons. The van der Waals surface area contributed by atoms with Crippen LogP contribution >= 0.6 is 11.3 Å². The van der Waals surface area contributed by atoms with E-state index in [0.717, 1.165) is 23.6 Å². The fourth-order valence-corrected chi connectivity index (χ4v) is 3.68. The van der Waals surface area contributed by atoms with Gasteiger partial charge in [0.15, 0.2) is 0 Å². The maximum absolute atomic E-state index is 11.8. The molecule has 1 heterocycles. The first-order valence-electron chi connectivity index (χ1n) is 7.73. The van der Waals surface area contributed by atoms with Gasteiger partial charge in [-0.3, -0.25) is 4.79 Å². The molecule has 0 bridgehead atoms. The molecule has 1 aliphatic rings. The molecule has 1 amide bonds. The number of hydrogen-bond acceptors (Lipinski definition) is 4. The minimum Gasteiger partial charge on any atom is -0.493 e. The molecule has 4 nitrogen and oxygen atoms in total. The summed E-state index contributed by atoms with van der Waals surface area (Å²) in [6.07, 6.45) is 4.74. The van der Waals surface area contributed by atoms with Gasteiger partial charge in [0, 0.05) is 17.8 Å². The Hall–Kier alpha value is -1.88. The molecular weight excluding hydrogens is 296 g/mol. The molecule has 5 heteroatoms. The number of nitrogens with one attached hydrogen (secondary N) is 1. The highest BCUT2D eigenvalue weighted by Crippen LogP contribution is 2.27. The van der Waals surface area contributed by atoms with Crippen LogP contribution in [0.15, 0.2) is 30.3 Å². The van der Waals surface area contributed by atoms with Gasteiger partial charge in [0.05, 0.1) is 23.7 Å². The Bertz CT molecular complexity index is 603. The van der Waals surface area contributed by atoms with Gasteiger partial charge >= 0.3 is 0 Å². The van der Waals surface area contributed by atoms with Crippen molar-refractivity contribution in [2.75, 3.05) is 13.2 Å². The van der Waals surface area contributed by atoms with E-state index in [-0.39, 0.29) is 5.91 Å². The zero-order valence-corrected chi connectivity index (χ0v) is 13.3. The first-order chi connectivity index (χ1) is 10.8. The Morgan fingerprint density at radius 3 is 2.95 bits per heavy atom. The molecule has 3 rings (SSSR count). The van der Waals surface area contributed by atoms with Crippen LogP contribution in [0.25, 0.3) is 0 Å². The molecule has 0 spiro atoms. The van der Waals surface area contributed by atoms with Crippen LogP contribution in [0.3, 0.4) is 0 Å². The summed E-state index contributed by atoms with van der Waals surface area (Å²) in [4.78, 5) is 17.8. The number of carbonyl (C=O) groups excluding carboxylic acids is 1. The molecule has 0 atom stereocenters. The van der Waals surface area contributed by atoms with E-state index in [1.807, 2.05) is 30.3 Å². The summed E-state index contributed by atoms with van der Waals surface area (Å²) in [6.45, 7) is 1.05. The van der Waals surface area contributed by atoms with Crippen molar-refractivity contribution in [2.24, 2.45) is 0 Å². The molecular formula is C17H20N2O2S. The summed E-state index contributed by atoms with van der Waals surface area (Å²) >= 11 is 1.80. The topological polar surface area (TPSA) is 51.2 Å². The number of aromatic nitrogens is 1. The highest BCUT2D eigenvalue weighted by atomic mass is 32.1. The predicted molar refractivity (Wildman–Crippen MR) is 87.4 cm³/mol. The minimum atomic E-state index is 0.0278. The standard InChI is InChI=1S/C17H20N2O2S/c20-16(10-12-21-13-5-2-1-3-6-13)18-11-9-17-19-14-7-4-8-15(14)22-17/h1-3,5-6H,4,7-12H2,(H,18,20). The van der Waals surface area contributed by atoms with Gasteiger partial charge in [0.1, 0.15) is 5.75 Å². The number of rotatable bonds is 7. The monoisotopic (exact) mass is 316 g/mol. The normalized spacial score (nSPS) is 12.9. The van der Waals surface area contributed by atoms with E-state index in [1.54, 1.807) is 11.3 Å². The van der Waals surface area contributed by atoms with Crippen molar-refractivity contribution < 1.29 is 9.53 Å². The van der Waals surface area contributed by atoms with Gasteiger partial charge in [-0.15, -0.1) is 11.3 Å². The fourth-order valence-electron chi connectivity index (χ4n) is 2.53. The lowest BCUT2D eigenvalue weighted by atomic mass is 10.3. The number of benzene rings is 1. The number of aryl methyl sites for hydroxylation is 2. The van der Waals surface area contributed by atoms with Gasteiger partial charge in [0.2, 0.25) is 5.91 Å². The minimum absolute atomic E-state index is 0.0278. The van der Waals surface area contributed by atoms with Crippen molar-refractivity contribution in [3.63, 3.8) is 0 Å². The van der Waals surface area contributed by atoms with Gasteiger partial charge in [0.25, 0.3) is 0 Å². The quantitative estimate of drug-likeness (QED) is 0.854. The Morgan fingerprint density at radius 1 is 1.27 bits per heavy atom.